The number of nitrogens with one attached hydrogen (secondary N) is 1. The molecule has 2 unspecified atom stereocenters. The summed E-state index contributed by atoms with van der Waals surface area (Å²) in [5.74, 6) is -1.04. The van der Waals surface area contributed by atoms with Gasteiger partial charge in [-0.25, -0.2) is 0 Å². The summed E-state index contributed by atoms with van der Waals surface area (Å²) in [5.41, 5.74) is 0.658. The second-order valence-electron chi connectivity index (χ2n) is 8.06. The van der Waals surface area contributed by atoms with Crippen LogP contribution >= 0.6 is 0 Å². The van der Waals surface area contributed by atoms with Gasteiger partial charge in [0.25, 0.3) is 0 Å². The van der Waals surface area contributed by atoms with Gasteiger partial charge in [0.1, 0.15) is 0 Å². The topological polar surface area (TPSA) is 89.9 Å². The van der Waals surface area contributed by atoms with Crippen LogP contribution in [0.25, 0.3) is 0 Å². The number of allylic oxidation sites excluding steroid dienone is 1. The molecular formula is C22H34N2O4. The van der Waals surface area contributed by atoms with Crippen LogP contribution in [-0.4, -0.2) is 52.7 Å². The zero-order valence-corrected chi connectivity index (χ0v) is 17.2. The molecule has 2 atom stereocenters. The van der Waals surface area contributed by atoms with Gasteiger partial charge in [0.15, 0.2) is 0 Å². The highest BCUT2D eigenvalue weighted by molar-refractivity contribution is 5.86. The first-order valence-electron chi connectivity index (χ1n) is 9.67. The van der Waals surface area contributed by atoms with Gasteiger partial charge < -0.3 is 20.4 Å². The molecule has 6 heteroatoms. The molecule has 0 spiro atoms. The van der Waals surface area contributed by atoms with Crippen LogP contribution in [0.4, 0.5) is 0 Å². The summed E-state index contributed by atoms with van der Waals surface area (Å²) in [7, 11) is 0. The van der Waals surface area contributed by atoms with Crippen molar-refractivity contribution in [3.8, 4) is 0 Å². The Kier molecular flexibility index (Phi) is 9.90. The highest BCUT2D eigenvalue weighted by atomic mass is 16.3. The molecule has 0 saturated heterocycles. The molecule has 1 aromatic rings. The van der Waals surface area contributed by atoms with E-state index in [1.807, 2.05) is 51.1 Å². The third-order valence-corrected chi connectivity index (χ3v) is 4.73. The van der Waals surface area contributed by atoms with Crippen molar-refractivity contribution in [2.24, 2.45) is 11.3 Å². The van der Waals surface area contributed by atoms with Crippen molar-refractivity contribution >= 4 is 11.8 Å². The predicted octanol–water partition coefficient (Wildman–Crippen LogP) is 2.11. The molecule has 3 N–H and O–H groups in total. The molecule has 2 amide bonds. The number of nitrogens with zero attached hydrogens (tertiary/aromatic N) is 1. The summed E-state index contributed by atoms with van der Waals surface area (Å²) in [4.78, 5) is 27.1. The van der Waals surface area contributed by atoms with Crippen molar-refractivity contribution in [3.63, 3.8) is 0 Å². The van der Waals surface area contributed by atoms with Gasteiger partial charge in [0.2, 0.25) is 11.8 Å². The largest absolute Gasteiger partial charge is 0.395 e. The van der Waals surface area contributed by atoms with E-state index in [0.29, 0.717) is 13.0 Å². The zero-order chi connectivity index (χ0) is 21.2. The van der Waals surface area contributed by atoms with Gasteiger partial charge in [-0.2, -0.15) is 0 Å². The second-order valence-corrected chi connectivity index (χ2v) is 8.06. The molecule has 0 aliphatic rings. The standard InChI is InChI=1S/C22H34N2O4/c1-5-9-18(21(28)23-19(16-26)22(2,3)4)14-20(27)24(12-13-25)15-17-10-7-6-8-11-17/h5-8,10-11,18-19,25-26H,1,9,12-16H2,2-4H3,(H,23,28). The van der Waals surface area contributed by atoms with E-state index in [1.54, 1.807) is 11.0 Å². The Balaban J connectivity index is 2.84. The minimum absolute atomic E-state index is 0.0208. The second kappa shape index (κ2) is 11.6. The summed E-state index contributed by atoms with van der Waals surface area (Å²) < 4.78 is 0. The summed E-state index contributed by atoms with van der Waals surface area (Å²) in [5, 5.41) is 21.8. The van der Waals surface area contributed by atoms with Crippen molar-refractivity contribution in [3.05, 3.63) is 48.6 Å². The van der Waals surface area contributed by atoms with Crippen LogP contribution in [0.5, 0.6) is 0 Å². The number of amides is 2. The normalized spacial score (nSPS) is 13.5. The minimum atomic E-state index is -0.571. The van der Waals surface area contributed by atoms with Crippen molar-refractivity contribution in [2.45, 2.75) is 46.2 Å². The third-order valence-electron chi connectivity index (χ3n) is 4.73. The number of rotatable bonds is 11. The summed E-state index contributed by atoms with van der Waals surface area (Å²) in [6, 6.07) is 9.12. The monoisotopic (exact) mass is 390 g/mol. The molecule has 0 bridgehead atoms. The number of carbonyl (C=O) groups excluding carboxylic acids is 2. The molecule has 28 heavy (non-hydrogen) atoms. The highest BCUT2D eigenvalue weighted by Gasteiger charge is 2.30. The highest BCUT2D eigenvalue weighted by Crippen LogP contribution is 2.21. The van der Waals surface area contributed by atoms with Gasteiger partial charge in [-0.3, -0.25) is 9.59 Å². The Morgan fingerprint density at radius 2 is 1.86 bits per heavy atom. The van der Waals surface area contributed by atoms with E-state index in [-0.39, 0.29) is 43.4 Å². The fraction of sp³-hybridized carbons (Fsp3) is 0.545. The van der Waals surface area contributed by atoms with Crippen LogP contribution in [-0.2, 0) is 16.1 Å². The molecule has 0 aliphatic heterocycles. The number of hydrogen-bond acceptors (Lipinski definition) is 4. The van der Waals surface area contributed by atoms with Crippen LogP contribution in [0, 0.1) is 11.3 Å². The number of hydrogen-bond donors (Lipinski definition) is 3. The lowest BCUT2D eigenvalue weighted by Crippen LogP contribution is -2.49. The first kappa shape index (κ1) is 23.9. The number of carbonyl (C=O) groups is 2. The van der Waals surface area contributed by atoms with Crippen molar-refractivity contribution < 1.29 is 19.8 Å². The van der Waals surface area contributed by atoms with E-state index in [4.69, 9.17) is 0 Å². The Morgan fingerprint density at radius 3 is 2.36 bits per heavy atom. The minimum Gasteiger partial charge on any atom is -0.395 e. The fourth-order valence-electron chi connectivity index (χ4n) is 2.87. The molecule has 0 heterocycles. The van der Waals surface area contributed by atoms with Gasteiger partial charge >= 0.3 is 0 Å². The quantitative estimate of drug-likeness (QED) is 0.505. The molecule has 0 saturated carbocycles. The van der Waals surface area contributed by atoms with Crippen LogP contribution in [0.1, 0.15) is 39.2 Å². The van der Waals surface area contributed by atoms with E-state index >= 15 is 0 Å². The lowest BCUT2D eigenvalue weighted by Gasteiger charge is -2.31. The average molecular weight is 391 g/mol. The first-order chi connectivity index (χ1) is 13.2. The summed E-state index contributed by atoms with van der Waals surface area (Å²) in [6.45, 7) is 9.77. The summed E-state index contributed by atoms with van der Waals surface area (Å²) in [6.07, 6.45) is 2.00. The molecule has 0 radical (unpaired) electrons. The third kappa shape index (κ3) is 7.82. The Bertz CT molecular complexity index is 625. The van der Waals surface area contributed by atoms with Crippen molar-refractivity contribution in [1.82, 2.24) is 10.2 Å². The Hall–Kier alpha value is -2.18. The smallest absolute Gasteiger partial charge is 0.224 e. The van der Waals surface area contributed by atoms with Gasteiger partial charge in [-0.05, 0) is 17.4 Å². The SMILES string of the molecule is C=CCC(CC(=O)N(CCO)Cc1ccccc1)C(=O)NC(CO)C(C)(C)C. The number of aliphatic hydroxyl groups excluding tert-OH is 2. The van der Waals surface area contributed by atoms with Gasteiger partial charge in [-0.15, -0.1) is 6.58 Å². The number of benzene rings is 1. The van der Waals surface area contributed by atoms with Gasteiger partial charge in [0.05, 0.1) is 25.2 Å². The van der Waals surface area contributed by atoms with Crippen LogP contribution in [0.2, 0.25) is 0 Å². The molecule has 156 valence electrons. The Labute approximate surface area is 168 Å². The van der Waals surface area contributed by atoms with Crippen LogP contribution < -0.4 is 5.32 Å². The van der Waals surface area contributed by atoms with E-state index in [2.05, 4.69) is 11.9 Å². The maximum absolute atomic E-state index is 12.8. The molecule has 6 nitrogen and oxygen atoms in total. The maximum atomic E-state index is 12.8. The fourth-order valence-corrected chi connectivity index (χ4v) is 2.87. The van der Waals surface area contributed by atoms with E-state index in [1.165, 1.54) is 0 Å². The molecule has 1 rings (SSSR count). The van der Waals surface area contributed by atoms with Crippen molar-refractivity contribution in [2.75, 3.05) is 19.8 Å². The lowest BCUT2D eigenvalue weighted by atomic mass is 9.86. The van der Waals surface area contributed by atoms with E-state index < -0.39 is 12.0 Å². The van der Waals surface area contributed by atoms with Crippen LogP contribution in [0.15, 0.2) is 43.0 Å². The molecule has 1 aromatic carbocycles. The van der Waals surface area contributed by atoms with Crippen molar-refractivity contribution in [1.29, 1.82) is 0 Å². The molecule has 0 fully saturated rings. The predicted molar refractivity (Wildman–Crippen MR) is 110 cm³/mol. The van der Waals surface area contributed by atoms with Crippen LogP contribution in [0.3, 0.4) is 0 Å². The molecule has 0 aliphatic carbocycles. The van der Waals surface area contributed by atoms with Gasteiger partial charge in [-0.1, -0.05) is 57.2 Å². The first-order valence-corrected chi connectivity index (χ1v) is 9.67. The maximum Gasteiger partial charge on any atom is 0.224 e. The average Bonchev–Trinajstić information content (AvgIpc) is 2.65. The number of aliphatic hydroxyl groups is 2. The lowest BCUT2D eigenvalue weighted by molar-refractivity contribution is -0.137. The summed E-state index contributed by atoms with van der Waals surface area (Å²) >= 11 is 0. The van der Waals surface area contributed by atoms with Gasteiger partial charge in [0, 0.05) is 19.5 Å². The van der Waals surface area contributed by atoms with E-state index in [0.717, 1.165) is 5.56 Å². The molecule has 0 aromatic heterocycles. The van der Waals surface area contributed by atoms with E-state index in [9.17, 15) is 19.8 Å². The molecular weight excluding hydrogens is 356 g/mol. The zero-order valence-electron chi connectivity index (χ0n) is 17.2. The Morgan fingerprint density at radius 1 is 1.21 bits per heavy atom.